The smallest absolute Gasteiger partial charge is 0.452 e. The van der Waals surface area contributed by atoms with E-state index in [9.17, 15) is 23.1 Å². The van der Waals surface area contributed by atoms with Crippen molar-refractivity contribution in [3.05, 3.63) is 70.3 Å². The first-order valence-corrected chi connectivity index (χ1v) is 10.3. The molecule has 31 heavy (non-hydrogen) atoms. The molecule has 0 saturated heterocycles. The number of alkyl halides is 3. The lowest BCUT2D eigenvalue weighted by Gasteiger charge is -2.21. The van der Waals surface area contributed by atoms with Gasteiger partial charge in [0.05, 0.1) is 29.7 Å². The van der Waals surface area contributed by atoms with E-state index in [-0.39, 0.29) is 11.5 Å². The molecule has 1 aliphatic rings. The number of carbonyl (C=O) groups is 1. The Labute approximate surface area is 184 Å². The van der Waals surface area contributed by atoms with Crippen LogP contribution in [0, 0.1) is 0 Å². The standard InChI is InChI=1S/C20H15ClF3N3O3S/c1-30-12-4-2-3-10(7-12)17-13-8-11(21)5-6-14(13)27-18(15(31-17)9-16(28)29)25-26-19(27)20(22,23)24/h2-8,15,17H,9H2,1H3,(H,28,29)/t15-,17-/m0/s1. The Bertz CT molecular complexity index is 1150. The number of thioether (sulfide) groups is 1. The number of fused-ring (bicyclic) bond motifs is 3. The molecule has 1 N–H and O–H groups in total. The van der Waals surface area contributed by atoms with Crippen LogP contribution in [0.3, 0.4) is 0 Å². The van der Waals surface area contributed by atoms with E-state index >= 15 is 0 Å². The first-order valence-electron chi connectivity index (χ1n) is 9.02. The molecule has 3 aromatic rings. The number of aliphatic carboxylic acids is 1. The van der Waals surface area contributed by atoms with Gasteiger partial charge in [-0.15, -0.1) is 22.0 Å². The summed E-state index contributed by atoms with van der Waals surface area (Å²) in [7, 11) is 1.51. The number of rotatable bonds is 4. The molecule has 2 atom stereocenters. The Morgan fingerprint density at radius 1 is 1.26 bits per heavy atom. The molecule has 2 aromatic carbocycles. The average Bonchev–Trinajstić information content (AvgIpc) is 3.11. The molecule has 162 valence electrons. The minimum absolute atomic E-state index is 0.0753. The molecule has 0 bridgehead atoms. The number of methoxy groups -OCH3 is 1. The van der Waals surface area contributed by atoms with E-state index in [4.69, 9.17) is 16.3 Å². The fourth-order valence-electron chi connectivity index (χ4n) is 3.52. The second kappa shape index (κ2) is 8.08. The Morgan fingerprint density at radius 2 is 2.03 bits per heavy atom. The highest BCUT2D eigenvalue weighted by Gasteiger charge is 2.43. The zero-order chi connectivity index (χ0) is 22.3. The van der Waals surface area contributed by atoms with Gasteiger partial charge in [0.1, 0.15) is 5.75 Å². The lowest BCUT2D eigenvalue weighted by molar-refractivity contribution is -0.146. The van der Waals surface area contributed by atoms with Gasteiger partial charge in [0, 0.05) is 5.02 Å². The van der Waals surface area contributed by atoms with E-state index in [1.807, 2.05) is 0 Å². The summed E-state index contributed by atoms with van der Waals surface area (Å²) in [5, 5.41) is 15.4. The Kier molecular flexibility index (Phi) is 5.61. The minimum atomic E-state index is -4.78. The van der Waals surface area contributed by atoms with Crippen molar-refractivity contribution in [3.8, 4) is 11.4 Å². The molecule has 0 amide bonds. The lowest BCUT2D eigenvalue weighted by atomic mass is 10.0. The molecular formula is C20H15ClF3N3O3S. The van der Waals surface area contributed by atoms with Gasteiger partial charge >= 0.3 is 12.1 Å². The first kappa shape index (κ1) is 21.5. The van der Waals surface area contributed by atoms with E-state index < -0.39 is 34.9 Å². The molecule has 0 unspecified atom stereocenters. The predicted octanol–water partition coefficient (Wildman–Crippen LogP) is 5.30. The largest absolute Gasteiger partial charge is 0.497 e. The van der Waals surface area contributed by atoms with Crippen LogP contribution < -0.4 is 4.74 Å². The Morgan fingerprint density at radius 3 is 2.71 bits per heavy atom. The number of carboxylic acids is 1. The SMILES string of the molecule is COc1cccc([C@@H]2S[C@@H](CC(=O)O)c3nnc(C(F)(F)F)n3-c3ccc(Cl)cc32)c1. The van der Waals surface area contributed by atoms with Gasteiger partial charge in [-0.25, -0.2) is 0 Å². The zero-order valence-electron chi connectivity index (χ0n) is 15.9. The molecule has 1 aliphatic heterocycles. The summed E-state index contributed by atoms with van der Waals surface area (Å²) in [6, 6.07) is 11.6. The predicted molar refractivity (Wildman–Crippen MR) is 109 cm³/mol. The summed E-state index contributed by atoms with van der Waals surface area (Å²) in [6.45, 7) is 0. The number of benzene rings is 2. The number of hydrogen-bond acceptors (Lipinski definition) is 5. The van der Waals surface area contributed by atoms with Crippen LogP contribution in [0.1, 0.15) is 39.7 Å². The second-order valence-corrected chi connectivity index (χ2v) is 8.55. The van der Waals surface area contributed by atoms with Crippen LogP contribution in [0.4, 0.5) is 13.2 Å². The third-order valence-corrected chi connectivity index (χ3v) is 6.54. The molecule has 1 aromatic heterocycles. The first-order chi connectivity index (χ1) is 14.7. The van der Waals surface area contributed by atoms with Crippen molar-refractivity contribution >= 4 is 29.3 Å². The van der Waals surface area contributed by atoms with Crippen molar-refractivity contribution in [2.75, 3.05) is 7.11 Å². The zero-order valence-corrected chi connectivity index (χ0v) is 17.5. The van der Waals surface area contributed by atoms with E-state index in [2.05, 4.69) is 10.2 Å². The van der Waals surface area contributed by atoms with Crippen LogP contribution in [0.5, 0.6) is 5.75 Å². The maximum absolute atomic E-state index is 13.7. The van der Waals surface area contributed by atoms with Crippen molar-refractivity contribution in [3.63, 3.8) is 0 Å². The molecule has 0 fully saturated rings. The van der Waals surface area contributed by atoms with Crippen molar-refractivity contribution < 1.29 is 27.8 Å². The van der Waals surface area contributed by atoms with E-state index in [0.717, 1.165) is 10.1 Å². The molecular weight excluding hydrogens is 455 g/mol. The number of ether oxygens (including phenoxy) is 1. The maximum atomic E-state index is 13.7. The second-order valence-electron chi connectivity index (χ2n) is 6.80. The molecule has 6 nitrogen and oxygen atoms in total. The number of aromatic nitrogens is 3. The van der Waals surface area contributed by atoms with Gasteiger partial charge in [-0.05, 0) is 41.5 Å². The quantitative estimate of drug-likeness (QED) is 0.558. The molecule has 0 saturated carbocycles. The topological polar surface area (TPSA) is 77.2 Å². The van der Waals surface area contributed by atoms with E-state index in [1.54, 1.807) is 30.3 Å². The summed E-state index contributed by atoms with van der Waals surface area (Å²) >= 11 is 7.39. The number of carboxylic acid groups (broad SMARTS) is 1. The average molecular weight is 470 g/mol. The van der Waals surface area contributed by atoms with Crippen LogP contribution >= 0.6 is 23.4 Å². The van der Waals surface area contributed by atoms with Gasteiger partial charge in [0.25, 0.3) is 0 Å². The van der Waals surface area contributed by atoms with Gasteiger partial charge in [0.2, 0.25) is 5.82 Å². The maximum Gasteiger partial charge on any atom is 0.452 e. The van der Waals surface area contributed by atoms with Crippen LogP contribution in [-0.2, 0) is 11.0 Å². The van der Waals surface area contributed by atoms with Crippen molar-refractivity contribution in [2.45, 2.75) is 23.1 Å². The third kappa shape index (κ3) is 4.09. The van der Waals surface area contributed by atoms with E-state index in [0.29, 0.717) is 16.3 Å². The molecule has 2 heterocycles. The van der Waals surface area contributed by atoms with Gasteiger partial charge < -0.3 is 9.84 Å². The van der Waals surface area contributed by atoms with Crippen LogP contribution in [0.15, 0.2) is 42.5 Å². The summed E-state index contributed by atoms with van der Waals surface area (Å²) in [6.07, 6.45) is -5.21. The summed E-state index contributed by atoms with van der Waals surface area (Å²) in [4.78, 5) is 11.5. The number of hydrogen-bond donors (Lipinski definition) is 1. The van der Waals surface area contributed by atoms with Crippen LogP contribution in [0.2, 0.25) is 5.02 Å². The molecule has 4 rings (SSSR count). The van der Waals surface area contributed by atoms with Crippen LogP contribution in [-0.4, -0.2) is 33.0 Å². The highest BCUT2D eigenvalue weighted by Crippen LogP contribution is 2.52. The Balaban J connectivity index is 2.00. The fraction of sp³-hybridized carbons (Fsp3) is 0.250. The molecule has 11 heteroatoms. The lowest BCUT2D eigenvalue weighted by Crippen LogP contribution is -2.16. The fourth-order valence-corrected chi connectivity index (χ4v) is 5.19. The molecule has 0 spiro atoms. The molecule has 0 radical (unpaired) electrons. The highest BCUT2D eigenvalue weighted by atomic mass is 35.5. The molecule has 0 aliphatic carbocycles. The normalized spacial score (nSPS) is 18.1. The van der Waals surface area contributed by atoms with Gasteiger partial charge in [0.15, 0.2) is 5.82 Å². The van der Waals surface area contributed by atoms with Crippen molar-refractivity contribution in [1.29, 1.82) is 0 Å². The van der Waals surface area contributed by atoms with Crippen molar-refractivity contribution in [1.82, 2.24) is 14.8 Å². The third-order valence-electron chi connectivity index (χ3n) is 4.80. The van der Waals surface area contributed by atoms with Crippen molar-refractivity contribution in [2.24, 2.45) is 0 Å². The summed E-state index contributed by atoms with van der Waals surface area (Å²) in [5.41, 5.74) is 1.42. The Hall–Kier alpha value is -2.72. The van der Waals surface area contributed by atoms with Gasteiger partial charge in [-0.1, -0.05) is 23.7 Å². The number of halogens is 4. The van der Waals surface area contributed by atoms with Gasteiger partial charge in [-0.2, -0.15) is 13.2 Å². The van der Waals surface area contributed by atoms with Gasteiger partial charge in [-0.3, -0.25) is 9.36 Å². The summed E-state index contributed by atoms with van der Waals surface area (Å²) in [5.74, 6) is -1.88. The minimum Gasteiger partial charge on any atom is -0.497 e. The summed E-state index contributed by atoms with van der Waals surface area (Å²) < 4.78 is 47.4. The monoisotopic (exact) mass is 469 g/mol. The van der Waals surface area contributed by atoms with E-state index in [1.165, 1.54) is 31.0 Å². The number of nitrogens with zero attached hydrogens (tertiary/aromatic N) is 3. The highest BCUT2D eigenvalue weighted by molar-refractivity contribution is 8.00. The van der Waals surface area contributed by atoms with Crippen LogP contribution in [0.25, 0.3) is 5.69 Å².